The third-order valence-electron chi connectivity index (χ3n) is 4.29. The number of nitrogens with zero attached hydrogens (tertiary/aromatic N) is 1. The van der Waals surface area contributed by atoms with E-state index in [-0.39, 0.29) is 0 Å². The lowest BCUT2D eigenvalue weighted by atomic mass is 10.1. The van der Waals surface area contributed by atoms with Crippen LogP contribution in [0.2, 0.25) is 0 Å². The summed E-state index contributed by atoms with van der Waals surface area (Å²) in [4.78, 5) is 2.50. The lowest BCUT2D eigenvalue weighted by Crippen LogP contribution is -2.34. The van der Waals surface area contributed by atoms with E-state index < -0.39 is 0 Å². The molecule has 126 valence electrons. The van der Waals surface area contributed by atoms with Crippen molar-refractivity contribution in [3.63, 3.8) is 0 Å². The minimum Gasteiger partial charge on any atom is -0.368 e. The standard InChI is InChI=1S/C19H22BrN3S/c1-14-12-15-6-2-3-9-18(15)23(14)11-5-10-21-19(24)22-17-8-4-7-16(20)13-17/h2-4,6-9,13-14H,5,10-12H2,1H3,(H2,21,22,24). The Labute approximate surface area is 157 Å². The maximum absolute atomic E-state index is 5.36. The second kappa shape index (κ2) is 7.99. The molecule has 24 heavy (non-hydrogen) atoms. The zero-order valence-corrected chi connectivity index (χ0v) is 16.2. The Morgan fingerprint density at radius 1 is 1.25 bits per heavy atom. The Bertz CT molecular complexity index is 719. The van der Waals surface area contributed by atoms with Gasteiger partial charge < -0.3 is 15.5 Å². The summed E-state index contributed by atoms with van der Waals surface area (Å²) in [7, 11) is 0. The Morgan fingerprint density at radius 3 is 2.92 bits per heavy atom. The van der Waals surface area contributed by atoms with Gasteiger partial charge in [-0.25, -0.2) is 0 Å². The largest absolute Gasteiger partial charge is 0.368 e. The second-order valence-corrected chi connectivity index (χ2v) is 7.44. The number of nitrogens with one attached hydrogen (secondary N) is 2. The molecule has 2 N–H and O–H groups in total. The van der Waals surface area contributed by atoms with E-state index in [1.807, 2.05) is 24.3 Å². The van der Waals surface area contributed by atoms with Crippen LogP contribution in [-0.4, -0.2) is 24.2 Å². The molecule has 0 spiro atoms. The maximum atomic E-state index is 5.36. The molecule has 0 saturated carbocycles. The average molecular weight is 404 g/mol. The molecule has 0 saturated heterocycles. The Kier molecular flexibility index (Phi) is 5.74. The van der Waals surface area contributed by atoms with E-state index in [4.69, 9.17) is 12.2 Å². The normalized spacial score (nSPS) is 15.9. The van der Waals surface area contributed by atoms with E-state index in [2.05, 4.69) is 62.7 Å². The first-order valence-electron chi connectivity index (χ1n) is 8.28. The number of thiocarbonyl (C=S) groups is 1. The van der Waals surface area contributed by atoms with Crippen LogP contribution in [0.25, 0.3) is 0 Å². The lowest BCUT2D eigenvalue weighted by Gasteiger charge is -2.25. The van der Waals surface area contributed by atoms with Crippen LogP contribution in [0.3, 0.4) is 0 Å². The van der Waals surface area contributed by atoms with Gasteiger partial charge in [0.1, 0.15) is 0 Å². The van der Waals surface area contributed by atoms with Crippen LogP contribution in [0.1, 0.15) is 18.9 Å². The molecular weight excluding hydrogens is 382 g/mol. The highest BCUT2D eigenvalue weighted by molar-refractivity contribution is 9.10. The summed E-state index contributed by atoms with van der Waals surface area (Å²) >= 11 is 8.83. The highest BCUT2D eigenvalue weighted by Crippen LogP contribution is 2.31. The third kappa shape index (κ3) is 4.28. The highest BCUT2D eigenvalue weighted by Gasteiger charge is 2.24. The van der Waals surface area contributed by atoms with Crippen molar-refractivity contribution in [3.05, 3.63) is 58.6 Å². The van der Waals surface area contributed by atoms with Crippen molar-refractivity contribution < 1.29 is 0 Å². The van der Waals surface area contributed by atoms with E-state index in [0.717, 1.165) is 36.1 Å². The van der Waals surface area contributed by atoms with Gasteiger partial charge in [0.15, 0.2) is 5.11 Å². The molecule has 2 aromatic carbocycles. The Morgan fingerprint density at radius 2 is 2.08 bits per heavy atom. The Hall–Kier alpha value is -1.59. The summed E-state index contributed by atoms with van der Waals surface area (Å²) in [6, 6.07) is 17.3. The number of rotatable bonds is 5. The summed E-state index contributed by atoms with van der Waals surface area (Å²) in [5.74, 6) is 0. The summed E-state index contributed by atoms with van der Waals surface area (Å²) in [6.45, 7) is 4.21. The maximum Gasteiger partial charge on any atom is 0.170 e. The molecule has 0 aliphatic carbocycles. The molecule has 1 atom stereocenters. The fourth-order valence-corrected chi connectivity index (χ4v) is 3.78. The van der Waals surface area contributed by atoms with Gasteiger partial charge in [-0.1, -0.05) is 40.2 Å². The first-order chi connectivity index (χ1) is 11.6. The van der Waals surface area contributed by atoms with Gasteiger partial charge in [0.25, 0.3) is 0 Å². The van der Waals surface area contributed by atoms with Gasteiger partial charge in [-0.2, -0.15) is 0 Å². The van der Waals surface area contributed by atoms with Crippen molar-refractivity contribution in [3.8, 4) is 0 Å². The van der Waals surface area contributed by atoms with E-state index in [9.17, 15) is 0 Å². The van der Waals surface area contributed by atoms with Gasteiger partial charge in [-0.3, -0.25) is 0 Å². The van der Waals surface area contributed by atoms with Gasteiger partial charge in [0, 0.05) is 35.0 Å². The number of fused-ring (bicyclic) bond motifs is 1. The van der Waals surface area contributed by atoms with Gasteiger partial charge in [0.05, 0.1) is 0 Å². The zero-order valence-electron chi connectivity index (χ0n) is 13.8. The number of benzene rings is 2. The number of halogens is 1. The van der Waals surface area contributed by atoms with Crippen LogP contribution in [0.4, 0.5) is 11.4 Å². The zero-order chi connectivity index (χ0) is 16.9. The average Bonchev–Trinajstić information content (AvgIpc) is 2.87. The number of hydrogen-bond acceptors (Lipinski definition) is 2. The van der Waals surface area contributed by atoms with Gasteiger partial charge in [0.2, 0.25) is 0 Å². The molecule has 1 unspecified atom stereocenters. The third-order valence-corrected chi connectivity index (χ3v) is 5.03. The molecule has 0 amide bonds. The molecule has 0 fully saturated rings. The first-order valence-corrected chi connectivity index (χ1v) is 9.48. The van der Waals surface area contributed by atoms with Crippen LogP contribution in [0, 0.1) is 0 Å². The quantitative estimate of drug-likeness (QED) is 0.564. The van der Waals surface area contributed by atoms with Gasteiger partial charge in [-0.05, 0) is 61.8 Å². The molecular formula is C19H22BrN3S. The van der Waals surface area contributed by atoms with Crippen molar-refractivity contribution >= 4 is 44.6 Å². The molecule has 0 bridgehead atoms. The van der Waals surface area contributed by atoms with E-state index >= 15 is 0 Å². The fraction of sp³-hybridized carbons (Fsp3) is 0.316. The minimum atomic E-state index is 0.578. The van der Waals surface area contributed by atoms with E-state index in [0.29, 0.717) is 11.2 Å². The van der Waals surface area contributed by atoms with Crippen LogP contribution in [0.15, 0.2) is 53.0 Å². The summed E-state index contributed by atoms with van der Waals surface area (Å²) in [6.07, 6.45) is 2.20. The molecule has 0 radical (unpaired) electrons. The van der Waals surface area contributed by atoms with E-state index in [1.165, 1.54) is 11.3 Å². The Balaban J connectivity index is 1.43. The number of para-hydroxylation sites is 1. The van der Waals surface area contributed by atoms with E-state index in [1.54, 1.807) is 0 Å². The highest BCUT2D eigenvalue weighted by atomic mass is 79.9. The van der Waals surface area contributed by atoms with Gasteiger partial charge in [-0.15, -0.1) is 0 Å². The number of hydrogen-bond donors (Lipinski definition) is 2. The summed E-state index contributed by atoms with van der Waals surface area (Å²) < 4.78 is 1.04. The van der Waals surface area contributed by atoms with Crippen LogP contribution < -0.4 is 15.5 Å². The molecule has 3 nitrogen and oxygen atoms in total. The molecule has 1 aliphatic heterocycles. The predicted octanol–water partition coefficient (Wildman–Crippen LogP) is 4.58. The molecule has 1 aliphatic rings. The SMILES string of the molecule is CC1Cc2ccccc2N1CCCNC(=S)Nc1cccc(Br)c1. The lowest BCUT2D eigenvalue weighted by molar-refractivity contribution is 0.641. The smallest absolute Gasteiger partial charge is 0.170 e. The summed E-state index contributed by atoms with van der Waals surface area (Å²) in [5.41, 5.74) is 3.84. The van der Waals surface area contributed by atoms with Crippen LogP contribution in [0.5, 0.6) is 0 Å². The van der Waals surface area contributed by atoms with Crippen LogP contribution in [-0.2, 0) is 6.42 Å². The molecule has 1 heterocycles. The molecule has 3 rings (SSSR count). The van der Waals surface area contributed by atoms with Crippen molar-refractivity contribution in [1.29, 1.82) is 0 Å². The monoisotopic (exact) mass is 403 g/mol. The molecule has 5 heteroatoms. The van der Waals surface area contributed by atoms with Crippen molar-refractivity contribution in [2.75, 3.05) is 23.3 Å². The number of anilines is 2. The first kappa shape index (κ1) is 17.2. The minimum absolute atomic E-state index is 0.578. The second-order valence-electron chi connectivity index (χ2n) is 6.12. The van der Waals surface area contributed by atoms with Crippen LogP contribution >= 0.6 is 28.1 Å². The van der Waals surface area contributed by atoms with Gasteiger partial charge >= 0.3 is 0 Å². The van der Waals surface area contributed by atoms with Crippen molar-refractivity contribution in [1.82, 2.24) is 5.32 Å². The predicted molar refractivity (Wildman–Crippen MR) is 110 cm³/mol. The molecule has 0 aromatic heterocycles. The topological polar surface area (TPSA) is 27.3 Å². The van der Waals surface area contributed by atoms with Crippen molar-refractivity contribution in [2.45, 2.75) is 25.8 Å². The molecule has 2 aromatic rings. The van der Waals surface area contributed by atoms with Crippen molar-refractivity contribution in [2.24, 2.45) is 0 Å². The fourth-order valence-electron chi connectivity index (χ4n) is 3.16. The summed E-state index contributed by atoms with van der Waals surface area (Å²) in [5, 5.41) is 7.17.